The zero-order chi connectivity index (χ0) is 15.2. The molecular formula is C18H30N2. The second kappa shape index (κ2) is 7.47. The number of rotatable bonds is 6. The van der Waals surface area contributed by atoms with Crippen LogP contribution in [-0.4, -0.2) is 24.8 Å². The van der Waals surface area contributed by atoms with Gasteiger partial charge in [0.25, 0.3) is 0 Å². The molecule has 0 saturated carbocycles. The van der Waals surface area contributed by atoms with Crippen LogP contribution in [0.3, 0.4) is 0 Å². The van der Waals surface area contributed by atoms with E-state index in [2.05, 4.69) is 50.0 Å². The molecule has 112 valence electrons. The van der Waals surface area contributed by atoms with E-state index in [1.54, 1.807) is 0 Å². The molecule has 0 fully saturated rings. The summed E-state index contributed by atoms with van der Waals surface area (Å²) in [6.45, 7) is 9.03. The molecule has 0 heterocycles. The van der Waals surface area contributed by atoms with Crippen LogP contribution in [0.5, 0.6) is 0 Å². The van der Waals surface area contributed by atoms with Crippen molar-refractivity contribution in [1.29, 1.82) is 0 Å². The third-order valence-corrected chi connectivity index (χ3v) is 4.57. The Morgan fingerprint density at radius 1 is 1.20 bits per heavy atom. The van der Waals surface area contributed by atoms with Gasteiger partial charge in [-0.1, -0.05) is 45.7 Å². The van der Waals surface area contributed by atoms with Crippen molar-refractivity contribution < 1.29 is 0 Å². The van der Waals surface area contributed by atoms with Gasteiger partial charge in [0.05, 0.1) is 5.69 Å². The van der Waals surface area contributed by atoms with E-state index in [-0.39, 0.29) is 0 Å². The molecule has 1 aromatic carbocycles. The van der Waals surface area contributed by atoms with Gasteiger partial charge in [0.1, 0.15) is 5.84 Å². The van der Waals surface area contributed by atoms with Gasteiger partial charge in [-0.15, -0.1) is 0 Å². The van der Waals surface area contributed by atoms with E-state index in [1.165, 1.54) is 24.8 Å². The van der Waals surface area contributed by atoms with Gasteiger partial charge in [-0.2, -0.15) is 0 Å². The largest absolute Gasteiger partial charge is 0.366 e. The Morgan fingerprint density at radius 3 is 2.40 bits per heavy atom. The Balaban J connectivity index is 2.77. The minimum atomic E-state index is 0.471. The zero-order valence-electron chi connectivity index (χ0n) is 14.0. The Labute approximate surface area is 124 Å². The highest BCUT2D eigenvalue weighted by atomic mass is 15.1. The Bertz CT molecular complexity index is 442. The molecule has 0 aliphatic carbocycles. The second-order valence-electron chi connectivity index (χ2n) is 6.24. The summed E-state index contributed by atoms with van der Waals surface area (Å²) < 4.78 is 0. The van der Waals surface area contributed by atoms with Gasteiger partial charge in [-0.3, -0.25) is 0 Å². The summed E-state index contributed by atoms with van der Waals surface area (Å²) in [5, 5.41) is 0. The number of nitrogens with zero attached hydrogens (tertiary/aromatic N) is 2. The molecule has 20 heavy (non-hydrogen) atoms. The van der Waals surface area contributed by atoms with Gasteiger partial charge in [0.2, 0.25) is 0 Å². The molecule has 2 heteroatoms. The molecule has 0 radical (unpaired) electrons. The van der Waals surface area contributed by atoms with Crippen LogP contribution in [0.1, 0.15) is 52.5 Å². The predicted molar refractivity (Wildman–Crippen MR) is 89.9 cm³/mol. The van der Waals surface area contributed by atoms with E-state index in [0.29, 0.717) is 5.41 Å². The van der Waals surface area contributed by atoms with Crippen molar-refractivity contribution in [2.45, 2.75) is 53.4 Å². The molecule has 2 nitrogen and oxygen atoms in total. The fourth-order valence-corrected chi connectivity index (χ4v) is 2.12. The number of aryl methyl sites for hydroxylation is 1. The minimum Gasteiger partial charge on any atom is -0.366 e. The average molecular weight is 274 g/mol. The first-order valence-corrected chi connectivity index (χ1v) is 7.72. The van der Waals surface area contributed by atoms with E-state index >= 15 is 0 Å². The summed E-state index contributed by atoms with van der Waals surface area (Å²) in [5.74, 6) is 1.04. The first kappa shape index (κ1) is 16.7. The van der Waals surface area contributed by atoms with Crippen LogP contribution in [0, 0.1) is 5.41 Å². The molecule has 1 aromatic rings. The van der Waals surface area contributed by atoms with E-state index in [0.717, 1.165) is 17.9 Å². The van der Waals surface area contributed by atoms with Crippen molar-refractivity contribution >= 4 is 11.5 Å². The van der Waals surface area contributed by atoms with Crippen molar-refractivity contribution in [2.24, 2.45) is 10.4 Å². The maximum atomic E-state index is 4.65. The van der Waals surface area contributed by atoms with Crippen molar-refractivity contribution in [2.75, 3.05) is 14.1 Å². The summed E-state index contributed by atoms with van der Waals surface area (Å²) in [7, 11) is 4.05. The summed E-state index contributed by atoms with van der Waals surface area (Å²) >= 11 is 0. The van der Waals surface area contributed by atoms with E-state index in [4.69, 9.17) is 0 Å². The van der Waals surface area contributed by atoms with Crippen molar-refractivity contribution in [1.82, 2.24) is 4.90 Å². The monoisotopic (exact) mass is 274 g/mol. The normalized spacial score (nSPS) is 12.6. The quantitative estimate of drug-likeness (QED) is 0.523. The molecular weight excluding hydrogens is 244 g/mol. The number of benzene rings is 1. The van der Waals surface area contributed by atoms with E-state index < -0.39 is 0 Å². The standard InChI is InChI=1S/C18H30N2/c1-7-18(4,8-2)13-12-16-10-9-11-17(14-16)19-15(3)20(5)6/h9-11,14H,7-8,12-13H2,1-6H3/b19-15+. The lowest BCUT2D eigenvalue weighted by atomic mass is 9.79. The van der Waals surface area contributed by atoms with Crippen LogP contribution < -0.4 is 0 Å². The van der Waals surface area contributed by atoms with Gasteiger partial charge >= 0.3 is 0 Å². The van der Waals surface area contributed by atoms with Gasteiger partial charge in [0.15, 0.2) is 0 Å². The maximum Gasteiger partial charge on any atom is 0.101 e. The maximum absolute atomic E-state index is 4.65. The van der Waals surface area contributed by atoms with Crippen molar-refractivity contribution in [3.63, 3.8) is 0 Å². The van der Waals surface area contributed by atoms with E-state index in [1.807, 2.05) is 25.9 Å². The molecule has 0 spiro atoms. The van der Waals surface area contributed by atoms with Gasteiger partial charge in [0, 0.05) is 14.1 Å². The molecule has 1 rings (SSSR count). The molecule has 0 aliphatic rings. The Hall–Kier alpha value is -1.31. The summed E-state index contributed by atoms with van der Waals surface area (Å²) in [4.78, 5) is 6.69. The molecule has 0 atom stereocenters. The molecule has 0 bridgehead atoms. The average Bonchev–Trinajstić information content (AvgIpc) is 2.45. The third kappa shape index (κ3) is 4.99. The van der Waals surface area contributed by atoms with Gasteiger partial charge < -0.3 is 4.90 Å². The lowest BCUT2D eigenvalue weighted by Gasteiger charge is -2.26. The lowest BCUT2D eigenvalue weighted by molar-refractivity contribution is 0.273. The highest BCUT2D eigenvalue weighted by Gasteiger charge is 2.18. The summed E-state index contributed by atoms with van der Waals surface area (Å²) in [6.07, 6.45) is 4.89. The zero-order valence-corrected chi connectivity index (χ0v) is 14.0. The number of hydrogen-bond donors (Lipinski definition) is 0. The summed E-state index contributed by atoms with van der Waals surface area (Å²) in [5.41, 5.74) is 2.92. The highest BCUT2D eigenvalue weighted by molar-refractivity contribution is 5.82. The molecule has 0 amide bonds. The molecule has 0 aromatic heterocycles. The van der Waals surface area contributed by atoms with Crippen LogP contribution in [-0.2, 0) is 6.42 Å². The number of aliphatic imine (C=N–C) groups is 1. The Kier molecular flexibility index (Phi) is 6.25. The molecule has 0 aliphatic heterocycles. The van der Waals surface area contributed by atoms with Crippen LogP contribution in [0.25, 0.3) is 0 Å². The van der Waals surface area contributed by atoms with Crippen LogP contribution in [0.2, 0.25) is 0 Å². The Morgan fingerprint density at radius 2 is 1.85 bits per heavy atom. The van der Waals surface area contributed by atoms with Crippen molar-refractivity contribution in [3.05, 3.63) is 29.8 Å². The molecule has 0 N–H and O–H groups in total. The van der Waals surface area contributed by atoms with Crippen LogP contribution in [0.15, 0.2) is 29.3 Å². The predicted octanol–water partition coefficient (Wildman–Crippen LogP) is 5.06. The summed E-state index contributed by atoms with van der Waals surface area (Å²) in [6, 6.07) is 8.64. The van der Waals surface area contributed by atoms with Gasteiger partial charge in [-0.25, -0.2) is 4.99 Å². The van der Waals surface area contributed by atoms with E-state index in [9.17, 15) is 0 Å². The molecule has 0 unspecified atom stereocenters. The number of amidine groups is 1. The first-order chi connectivity index (χ1) is 9.40. The fourth-order valence-electron chi connectivity index (χ4n) is 2.12. The minimum absolute atomic E-state index is 0.471. The number of hydrogen-bond acceptors (Lipinski definition) is 1. The van der Waals surface area contributed by atoms with Crippen LogP contribution >= 0.6 is 0 Å². The van der Waals surface area contributed by atoms with Crippen LogP contribution in [0.4, 0.5) is 5.69 Å². The lowest BCUT2D eigenvalue weighted by Crippen LogP contribution is -2.17. The topological polar surface area (TPSA) is 15.6 Å². The SMILES string of the molecule is CCC(C)(CC)CCc1cccc(/N=C(\C)N(C)C)c1. The van der Waals surface area contributed by atoms with Crippen molar-refractivity contribution in [3.8, 4) is 0 Å². The smallest absolute Gasteiger partial charge is 0.101 e. The van der Waals surface area contributed by atoms with Gasteiger partial charge in [-0.05, 0) is 42.9 Å². The first-order valence-electron chi connectivity index (χ1n) is 7.72. The highest BCUT2D eigenvalue weighted by Crippen LogP contribution is 2.31. The third-order valence-electron chi connectivity index (χ3n) is 4.57. The second-order valence-corrected chi connectivity index (χ2v) is 6.24. The fraction of sp³-hybridized carbons (Fsp3) is 0.611. The molecule has 0 saturated heterocycles.